The van der Waals surface area contributed by atoms with Gasteiger partial charge >= 0.3 is 6.18 Å². The summed E-state index contributed by atoms with van der Waals surface area (Å²) in [6.07, 6.45) is -4.62. The molecule has 0 atom stereocenters. The number of sulfone groups is 1. The number of alkyl halides is 3. The first kappa shape index (κ1) is 14.3. The van der Waals surface area contributed by atoms with Gasteiger partial charge in [0.05, 0.1) is 11.5 Å². The Morgan fingerprint density at radius 1 is 1.21 bits per heavy atom. The first-order valence-electron chi connectivity index (χ1n) is 5.24. The fourth-order valence-electron chi connectivity index (χ4n) is 1.65. The van der Waals surface area contributed by atoms with Crippen LogP contribution in [0.4, 0.5) is 19.0 Å². The summed E-state index contributed by atoms with van der Waals surface area (Å²) in [5.74, 6) is -0.242. The lowest BCUT2D eigenvalue weighted by Crippen LogP contribution is -2.40. The summed E-state index contributed by atoms with van der Waals surface area (Å²) < 4.78 is 60.2. The molecule has 1 saturated heterocycles. The van der Waals surface area contributed by atoms with E-state index < -0.39 is 27.0 Å². The molecular formula is C9H9ClF3N3O2S. The van der Waals surface area contributed by atoms with Gasteiger partial charge < -0.3 is 4.90 Å². The van der Waals surface area contributed by atoms with Crippen LogP contribution in [0.3, 0.4) is 0 Å². The van der Waals surface area contributed by atoms with Gasteiger partial charge in [-0.05, 0) is 11.6 Å². The van der Waals surface area contributed by atoms with Crippen LogP contribution in [0.25, 0.3) is 0 Å². The van der Waals surface area contributed by atoms with Gasteiger partial charge in [0.25, 0.3) is 0 Å². The van der Waals surface area contributed by atoms with E-state index in [1.165, 1.54) is 4.90 Å². The predicted octanol–water partition coefficient (Wildman–Crippen LogP) is 1.38. The molecule has 2 rings (SSSR count). The molecule has 0 unspecified atom stereocenters. The van der Waals surface area contributed by atoms with E-state index in [0.29, 0.717) is 0 Å². The number of aromatic nitrogens is 2. The standard InChI is InChI=1S/C9H9ClF3N3O2S/c10-8-14-6(9(11,12)13)5-7(15-8)16-1-3-19(17,18)4-2-16/h5H,1-4H2. The van der Waals surface area contributed by atoms with Gasteiger partial charge in [0.2, 0.25) is 5.28 Å². The molecule has 0 saturated carbocycles. The summed E-state index contributed by atoms with van der Waals surface area (Å²) in [4.78, 5) is 8.27. The van der Waals surface area contributed by atoms with Crippen molar-refractivity contribution in [2.75, 3.05) is 29.5 Å². The van der Waals surface area contributed by atoms with Crippen molar-refractivity contribution in [1.82, 2.24) is 9.97 Å². The van der Waals surface area contributed by atoms with Crippen molar-refractivity contribution in [3.8, 4) is 0 Å². The smallest absolute Gasteiger partial charge is 0.354 e. The molecule has 0 spiro atoms. The summed E-state index contributed by atoms with van der Waals surface area (Å²) in [6, 6.07) is 0.768. The van der Waals surface area contributed by atoms with Crippen LogP contribution in [0, 0.1) is 0 Å². The Morgan fingerprint density at radius 3 is 2.32 bits per heavy atom. The van der Waals surface area contributed by atoms with Gasteiger partial charge in [0.1, 0.15) is 5.82 Å². The lowest BCUT2D eigenvalue weighted by molar-refractivity contribution is -0.141. The summed E-state index contributed by atoms with van der Waals surface area (Å²) in [5.41, 5.74) is -1.14. The highest BCUT2D eigenvalue weighted by Crippen LogP contribution is 2.30. The minimum Gasteiger partial charge on any atom is -0.354 e. The highest BCUT2D eigenvalue weighted by atomic mass is 35.5. The average molecular weight is 316 g/mol. The molecule has 0 radical (unpaired) electrons. The maximum absolute atomic E-state index is 12.6. The van der Waals surface area contributed by atoms with E-state index in [4.69, 9.17) is 11.6 Å². The maximum atomic E-state index is 12.6. The van der Waals surface area contributed by atoms with Crippen LogP contribution in [0.15, 0.2) is 6.07 Å². The van der Waals surface area contributed by atoms with Crippen LogP contribution < -0.4 is 4.90 Å². The fraction of sp³-hybridized carbons (Fsp3) is 0.556. The van der Waals surface area contributed by atoms with Gasteiger partial charge in [-0.3, -0.25) is 0 Å². The predicted molar refractivity (Wildman–Crippen MR) is 62.9 cm³/mol. The Labute approximate surface area is 112 Å². The minimum atomic E-state index is -4.62. The van der Waals surface area contributed by atoms with Crippen molar-refractivity contribution < 1.29 is 21.6 Å². The highest BCUT2D eigenvalue weighted by Gasteiger charge is 2.34. The van der Waals surface area contributed by atoms with Gasteiger partial charge in [-0.1, -0.05) is 0 Å². The zero-order chi connectivity index (χ0) is 14.3. The summed E-state index contributed by atoms with van der Waals surface area (Å²) >= 11 is 5.46. The van der Waals surface area contributed by atoms with E-state index in [1.807, 2.05) is 0 Å². The second kappa shape index (κ2) is 4.78. The van der Waals surface area contributed by atoms with E-state index in [-0.39, 0.29) is 30.4 Å². The monoisotopic (exact) mass is 315 g/mol. The van der Waals surface area contributed by atoms with Gasteiger partial charge in [-0.25, -0.2) is 18.4 Å². The van der Waals surface area contributed by atoms with Crippen molar-refractivity contribution in [1.29, 1.82) is 0 Å². The van der Waals surface area contributed by atoms with Crippen LogP contribution >= 0.6 is 11.6 Å². The van der Waals surface area contributed by atoms with Crippen molar-refractivity contribution >= 4 is 27.3 Å². The van der Waals surface area contributed by atoms with Crippen molar-refractivity contribution in [2.45, 2.75) is 6.18 Å². The maximum Gasteiger partial charge on any atom is 0.433 e. The number of anilines is 1. The SMILES string of the molecule is O=S1(=O)CCN(c2cc(C(F)(F)F)nc(Cl)n2)CC1. The lowest BCUT2D eigenvalue weighted by atomic mass is 10.3. The zero-order valence-electron chi connectivity index (χ0n) is 9.48. The number of halogens is 4. The van der Waals surface area contributed by atoms with E-state index >= 15 is 0 Å². The normalized spacial score (nSPS) is 19.5. The molecule has 106 valence electrons. The Balaban J connectivity index is 2.29. The fourth-order valence-corrected chi connectivity index (χ4v) is 3.03. The molecule has 0 aromatic carbocycles. The third-order valence-electron chi connectivity index (χ3n) is 2.64. The molecule has 1 aromatic rings. The molecule has 5 nitrogen and oxygen atoms in total. The zero-order valence-corrected chi connectivity index (χ0v) is 11.1. The van der Waals surface area contributed by atoms with Crippen molar-refractivity contribution in [3.63, 3.8) is 0 Å². The molecule has 1 aliphatic rings. The lowest BCUT2D eigenvalue weighted by Gasteiger charge is -2.28. The molecule has 2 heterocycles. The van der Waals surface area contributed by atoms with Gasteiger partial charge in [0, 0.05) is 19.2 Å². The first-order valence-corrected chi connectivity index (χ1v) is 7.44. The summed E-state index contributed by atoms with van der Waals surface area (Å²) in [5, 5.41) is -0.516. The second-order valence-electron chi connectivity index (χ2n) is 4.02. The third kappa shape index (κ3) is 3.47. The summed E-state index contributed by atoms with van der Waals surface area (Å²) in [6.45, 7) is 0.181. The number of rotatable bonds is 1. The molecule has 1 fully saturated rings. The van der Waals surface area contributed by atoms with Crippen molar-refractivity contribution in [2.24, 2.45) is 0 Å². The third-order valence-corrected chi connectivity index (χ3v) is 4.42. The van der Waals surface area contributed by atoms with Gasteiger partial charge in [-0.15, -0.1) is 0 Å². The van der Waals surface area contributed by atoms with Crippen LogP contribution in [0.1, 0.15) is 5.69 Å². The van der Waals surface area contributed by atoms with Crippen LogP contribution in [-0.2, 0) is 16.0 Å². The first-order chi connectivity index (χ1) is 8.67. The quantitative estimate of drug-likeness (QED) is 0.733. The van der Waals surface area contributed by atoms with E-state index in [0.717, 1.165) is 6.07 Å². The Bertz CT molecular complexity index is 577. The van der Waals surface area contributed by atoms with Gasteiger partial charge in [-0.2, -0.15) is 13.2 Å². The molecule has 10 heteroatoms. The molecule has 1 aliphatic heterocycles. The van der Waals surface area contributed by atoms with E-state index in [1.54, 1.807) is 0 Å². The second-order valence-corrected chi connectivity index (χ2v) is 6.66. The van der Waals surface area contributed by atoms with E-state index in [9.17, 15) is 21.6 Å². The Kier molecular flexibility index (Phi) is 3.61. The van der Waals surface area contributed by atoms with Crippen LogP contribution in [-0.4, -0.2) is 43.0 Å². The van der Waals surface area contributed by atoms with Gasteiger partial charge in [0.15, 0.2) is 15.5 Å². The molecular weight excluding hydrogens is 307 g/mol. The highest BCUT2D eigenvalue weighted by molar-refractivity contribution is 7.91. The Morgan fingerprint density at radius 2 is 1.79 bits per heavy atom. The molecule has 0 N–H and O–H groups in total. The average Bonchev–Trinajstić information content (AvgIpc) is 2.26. The van der Waals surface area contributed by atoms with Crippen LogP contribution in [0.2, 0.25) is 5.28 Å². The molecule has 19 heavy (non-hydrogen) atoms. The molecule has 0 bridgehead atoms. The summed E-state index contributed by atoms with van der Waals surface area (Å²) in [7, 11) is -3.11. The largest absolute Gasteiger partial charge is 0.433 e. The van der Waals surface area contributed by atoms with Crippen molar-refractivity contribution in [3.05, 3.63) is 17.0 Å². The minimum absolute atomic E-state index is 0.0118. The van der Waals surface area contributed by atoms with Crippen LogP contribution in [0.5, 0.6) is 0 Å². The molecule has 1 aromatic heterocycles. The Hall–Kier alpha value is -1.09. The molecule has 0 aliphatic carbocycles. The topological polar surface area (TPSA) is 63.2 Å². The van der Waals surface area contributed by atoms with E-state index in [2.05, 4.69) is 9.97 Å². The number of hydrogen-bond acceptors (Lipinski definition) is 5. The number of hydrogen-bond donors (Lipinski definition) is 0. The molecule has 0 amide bonds. The number of nitrogens with zero attached hydrogens (tertiary/aromatic N) is 3.